The van der Waals surface area contributed by atoms with Crippen molar-refractivity contribution in [2.45, 2.75) is 26.8 Å². The summed E-state index contributed by atoms with van der Waals surface area (Å²) in [6.45, 7) is 5.97. The molecule has 0 aromatic heterocycles. The van der Waals surface area contributed by atoms with Crippen LogP contribution in [0.3, 0.4) is 0 Å². The molecule has 0 heterocycles. The Morgan fingerprint density at radius 1 is 1.27 bits per heavy atom. The van der Waals surface area contributed by atoms with E-state index in [0.29, 0.717) is 0 Å². The normalized spacial score (nSPS) is 12.0. The van der Waals surface area contributed by atoms with Gasteiger partial charge in [-0.25, -0.2) is 0 Å². The quantitative estimate of drug-likeness (QED) is 0.792. The fourth-order valence-electron chi connectivity index (χ4n) is 1.36. The van der Waals surface area contributed by atoms with Crippen molar-refractivity contribution in [3.63, 3.8) is 0 Å². The Bertz CT molecular complexity index is 361. The van der Waals surface area contributed by atoms with Crippen molar-refractivity contribution in [1.82, 2.24) is 5.32 Å². The maximum Gasteiger partial charge on any atom is 0.241 e. The highest BCUT2D eigenvalue weighted by Gasteiger charge is 2.09. The Morgan fingerprint density at radius 3 is 2.47 bits per heavy atom. The standard InChI is InChI=1S/C12H18N2O/c1-8-5-6-11(7-9(8)2)14-10(3)12(15)13-4/h5-7,10,14H,1-4H3,(H,13,15). The number of likely N-dealkylation sites (N-methyl/N-ethyl adjacent to an activating group) is 1. The van der Waals surface area contributed by atoms with Crippen LogP contribution in [0.25, 0.3) is 0 Å². The molecule has 0 saturated heterocycles. The first-order chi connectivity index (χ1) is 7.04. The largest absolute Gasteiger partial charge is 0.374 e. The smallest absolute Gasteiger partial charge is 0.241 e. The summed E-state index contributed by atoms with van der Waals surface area (Å²) in [6, 6.07) is 5.88. The van der Waals surface area contributed by atoms with E-state index in [2.05, 4.69) is 30.5 Å². The SMILES string of the molecule is CNC(=O)C(C)Nc1ccc(C)c(C)c1. The van der Waals surface area contributed by atoms with E-state index in [9.17, 15) is 4.79 Å². The van der Waals surface area contributed by atoms with Gasteiger partial charge in [-0.15, -0.1) is 0 Å². The first kappa shape index (κ1) is 11.6. The maximum absolute atomic E-state index is 11.3. The summed E-state index contributed by atoms with van der Waals surface area (Å²) >= 11 is 0. The number of hydrogen-bond donors (Lipinski definition) is 2. The molecule has 15 heavy (non-hydrogen) atoms. The van der Waals surface area contributed by atoms with Crippen LogP contribution >= 0.6 is 0 Å². The predicted molar refractivity (Wildman–Crippen MR) is 63.1 cm³/mol. The van der Waals surface area contributed by atoms with Crippen molar-refractivity contribution >= 4 is 11.6 Å². The van der Waals surface area contributed by atoms with E-state index < -0.39 is 0 Å². The maximum atomic E-state index is 11.3. The highest BCUT2D eigenvalue weighted by Crippen LogP contribution is 2.14. The Hall–Kier alpha value is -1.51. The Labute approximate surface area is 90.9 Å². The van der Waals surface area contributed by atoms with E-state index in [1.54, 1.807) is 7.05 Å². The minimum atomic E-state index is -0.211. The van der Waals surface area contributed by atoms with Crippen LogP contribution < -0.4 is 10.6 Å². The number of anilines is 1. The molecule has 0 aliphatic rings. The van der Waals surface area contributed by atoms with Gasteiger partial charge in [-0.05, 0) is 44.0 Å². The van der Waals surface area contributed by atoms with E-state index >= 15 is 0 Å². The minimum Gasteiger partial charge on any atom is -0.374 e. The van der Waals surface area contributed by atoms with E-state index in [1.807, 2.05) is 19.1 Å². The molecule has 0 aliphatic carbocycles. The highest BCUT2D eigenvalue weighted by molar-refractivity contribution is 5.83. The summed E-state index contributed by atoms with van der Waals surface area (Å²) in [7, 11) is 1.64. The zero-order valence-electron chi connectivity index (χ0n) is 9.72. The molecule has 3 nitrogen and oxygen atoms in total. The summed E-state index contributed by atoms with van der Waals surface area (Å²) in [5.41, 5.74) is 3.46. The van der Waals surface area contributed by atoms with Crippen LogP contribution in [-0.2, 0) is 4.79 Å². The third-order valence-electron chi connectivity index (χ3n) is 2.53. The van der Waals surface area contributed by atoms with Gasteiger partial charge in [0.25, 0.3) is 0 Å². The van der Waals surface area contributed by atoms with Crippen LogP contribution in [0, 0.1) is 13.8 Å². The summed E-state index contributed by atoms with van der Waals surface area (Å²) in [4.78, 5) is 11.3. The number of amides is 1. The van der Waals surface area contributed by atoms with Gasteiger partial charge in [0.05, 0.1) is 0 Å². The van der Waals surface area contributed by atoms with Crippen molar-refractivity contribution in [1.29, 1.82) is 0 Å². The second kappa shape index (κ2) is 4.82. The van der Waals surface area contributed by atoms with Crippen molar-refractivity contribution in [3.8, 4) is 0 Å². The van der Waals surface area contributed by atoms with Crippen LogP contribution in [0.4, 0.5) is 5.69 Å². The van der Waals surface area contributed by atoms with Crippen LogP contribution in [0.15, 0.2) is 18.2 Å². The van der Waals surface area contributed by atoms with Crippen molar-refractivity contribution in [3.05, 3.63) is 29.3 Å². The third kappa shape index (κ3) is 2.98. The number of carbonyl (C=O) groups is 1. The average Bonchev–Trinajstić information content (AvgIpc) is 2.22. The summed E-state index contributed by atoms with van der Waals surface area (Å²) < 4.78 is 0. The molecular weight excluding hydrogens is 188 g/mol. The van der Waals surface area contributed by atoms with Gasteiger partial charge in [-0.3, -0.25) is 4.79 Å². The van der Waals surface area contributed by atoms with Gasteiger partial charge in [0.1, 0.15) is 6.04 Å². The van der Waals surface area contributed by atoms with Crippen LogP contribution in [0.2, 0.25) is 0 Å². The first-order valence-electron chi connectivity index (χ1n) is 5.10. The summed E-state index contributed by atoms with van der Waals surface area (Å²) in [5, 5.41) is 5.76. The van der Waals surface area contributed by atoms with Gasteiger partial charge in [-0.1, -0.05) is 6.07 Å². The monoisotopic (exact) mass is 206 g/mol. The van der Waals surface area contributed by atoms with Crippen LogP contribution in [0.5, 0.6) is 0 Å². The number of benzene rings is 1. The number of carbonyl (C=O) groups excluding carboxylic acids is 1. The summed E-state index contributed by atoms with van der Waals surface area (Å²) in [6.07, 6.45) is 0. The van der Waals surface area contributed by atoms with E-state index in [0.717, 1.165) is 5.69 Å². The molecule has 0 bridgehead atoms. The lowest BCUT2D eigenvalue weighted by molar-refractivity contribution is -0.121. The second-order valence-electron chi connectivity index (χ2n) is 3.78. The molecule has 0 fully saturated rings. The highest BCUT2D eigenvalue weighted by atomic mass is 16.2. The van der Waals surface area contributed by atoms with Crippen molar-refractivity contribution < 1.29 is 4.79 Å². The molecular formula is C12H18N2O. The zero-order valence-corrected chi connectivity index (χ0v) is 9.72. The molecule has 0 spiro atoms. The predicted octanol–water partition coefficient (Wildman–Crippen LogP) is 1.85. The third-order valence-corrected chi connectivity index (χ3v) is 2.53. The molecule has 1 rings (SSSR count). The Morgan fingerprint density at radius 2 is 1.93 bits per heavy atom. The fourth-order valence-corrected chi connectivity index (χ4v) is 1.36. The van der Waals surface area contributed by atoms with Gasteiger partial charge in [0.15, 0.2) is 0 Å². The number of hydrogen-bond acceptors (Lipinski definition) is 2. The lowest BCUT2D eigenvalue weighted by atomic mass is 10.1. The molecule has 82 valence electrons. The molecule has 1 atom stereocenters. The van der Waals surface area contributed by atoms with Gasteiger partial charge in [-0.2, -0.15) is 0 Å². The molecule has 0 saturated carbocycles. The van der Waals surface area contributed by atoms with Crippen molar-refractivity contribution in [2.75, 3.05) is 12.4 Å². The Kier molecular flexibility index (Phi) is 3.72. The van der Waals surface area contributed by atoms with Gasteiger partial charge < -0.3 is 10.6 Å². The lowest BCUT2D eigenvalue weighted by Gasteiger charge is -2.14. The van der Waals surface area contributed by atoms with E-state index in [-0.39, 0.29) is 11.9 Å². The van der Waals surface area contributed by atoms with E-state index in [1.165, 1.54) is 11.1 Å². The van der Waals surface area contributed by atoms with Crippen molar-refractivity contribution in [2.24, 2.45) is 0 Å². The van der Waals surface area contributed by atoms with Gasteiger partial charge in [0.2, 0.25) is 5.91 Å². The number of rotatable bonds is 3. The number of aryl methyl sites for hydroxylation is 2. The first-order valence-corrected chi connectivity index (χ1v) is 5.10. The molecule has 2 N–H and O–H groups in total. The Balaban J connectivity index is 2.73. The zero-order chi connectivity index (χ0) is 11.4. The molecule has 1 amide bonds. The molecule has 3 heteroatoms. The lowest BCUT2D eigenvalue weighted by Crippen LogP contribution is -2.35. The van der Waals surface area contributed by atoms with Crippen LogP contribution in [-0.4, -0.2) is 19.0 Å². The molecule has 0 aliphatic heterocycles. The molecule has 1 aromatic carbocycles. The van der Waals surface area contributed by atoms with Crippen LogP contribution in [0.1, 0.15) is 18.1 Å². The second-order valence-corrected chi connectivity index (χ2v) is 3.78. The van der Waals surface area contributed by atoms with Gasteiger partial charge >= 0.3 is 0 Å². The van der Waals surface area contributed by atoms with E-state index in [4.69, 9.17) is 0 Å². The molecule has 1 aromatic rings. The topological polar surface area (TPSA) is 41.1 Å². The molecule has 1 unspecified atom stereocenters. The molecule has 0 radical (unpaired) electrons. The fraction of sp³-hybridized carbons (Fsp3) is 0.417. The summed E-state index contributed by atoms with van der Waals surface area (Å²) in [5.74, 6) is -0.00627. The number of nitrogens with one attached hydrogen (secondary N) is 2. The van der Waals surface area contributed by atoms with Gasteiger partial charge in [0, 0.05) is 12.7 Å². The average molecular weight is 206 g/mol. The minimum absolute atomic E-state index is 0.00627.